The van der Waals surface area contributed by atoms with Gasteiger partial charge < -0.3 is 6.92 Å². The summed E-state index contributed by atoms with van der Waals surface area (Å²) in [5.41, 5.74) is 0. The van der Waals surface area contributed by atoms with Crippen molar-refractivity contribution in [3.05, 3.63) is 6.92 Å². The van der Waals surface area contributed by atoms with E-state index in [4.69, 9.17) is 0 Å². The van der Waals surface area contributed by atoms with Gasteiger partial charge in [0.25, 0.3) is 0 Å². The van der Waals surface area contributed by atoms with Gasteiger partial charge in [0.2, 0.25) is 0 Å². The molecule has 1 fully saturated rings. The summed E-state index contributed by atoms with van der Waals surface area (Å²) in [6, 6.07) is 0. The summed E-state index contributed by atoms with van der Waals surface area (Å²) in [7, 11) is -2.72. The average Bonchev–Trinajstić information content (AvgIpc) is 1.88. The molecule has 0 radical (unpaired) electrons. The molecule has 0 aromatic rings. The third kappa shape index (κ3) is 1.73. The molecule has 0 aromatic heterocycles. The lowest BCUT2D eigenvalue weighted by molar-refractivity contribution is -0.516. The molecule has 10 heavy (non-hydrogen) atoms. The number of rotatable bonds is 0. The van der Waals surface area contributed by atoms with Gasteiger partial charge in [-0.05, 0) is 0 Å². The van der Waals surface area contributed by atoms with Gasteiger partial charge in [0, 0.05) is 6.21 Å². The maximum atomic E-state index is 10.9. The summed E-state index contributed by atoms with van der Waals surface area (Å²) >= 11 is 0. The summed E-state index contributed by atoms with van der Waals surface area (Å²) < 4.78 is 23.6. The second-order valence-corrected chi connectivity index (χ2v) is 4.67. The van der Waals surface area contributed by atoms with Gasteiger partial charge in [0.05, 0.1) is 0 Å². The normalized spacial score (nSPS) is 24.2. The van der Waals surface area contributed by atoms with E-state index in [1.807, 2.05) is 4.58 Å². The maximum absolute atomic E-state index is 10.9. The van der Waals surface area contributed by atoms with Crippen LogP contribution in [-0.2, 0) is 9.84 Å². The third-order valence-corrected chi connectivity index (χ3v) is 3.25. The molecule has 1 aliphatic rings. The highest BCUT2D eigenvalue weighted by Gasteiger charge is 2.21. The van der Waals surface area contributed by atoms with Gasteiger partial charge >= 0.3 is 0 Å². The molecule has 0 spiro atoms. The molecule has 0 N–H and O–H groups in total. The Morgan fingerprint density at radius 1 is 1.30 bits per heavy atom. The Hall–Kier alpha value is -0.510. The molecule has 0 amide bonds. The lowest BCUT2D eigenvalue weighted by Gasteiger charge is -2.10. The molecule has 1 saturated heterocycles. The zero-order valence-electron chi connectivity index (χ0n) is 5.78. The lowest BCUT2D eigenvalue weighted by atomic mass is 10.6. The van der Waals surface area contributed by atoms with Gasteiger partial charge in [0.1, 0.15) is 11.5 Å². The molecular weight excluding hydrogens is 150 g/mol. The molecule has 0 unspecified atom stereocenters. The highest BCUT2D eigenvalue weighted by atomic mass is 32.2. The second kappa shape index (κ2) is 2.62. The molecule has 0 bridgehead atoms. The molecule has 1 heterocycles. The van der Waals surface area contributed by atoms with E-state index in [2.05, 4.69) is 6.92 Å². The van der Waals surface area contributed by atoms with Gasteiger partial charge in [-0.3, -0.25) is 4.58 Å². The number of nitrogens with zero attached hydrogens (tertiary/aromatic N) is 1. The van der Waals surface area contributed by atoms with E-state index in [9.17, 15) is 8.42 Å². The van der Waals surface area contributed by atoms with Crippen molar-refractivity contribution in [1.29, 1.82) is 0 Å². The Morgan fingerprint density at radius 2 is 1.80 bits per heavy atom. The first-order valence-electron chi connectivity index (χ1n) is 3.21. The summed E-state index contributed by atoms with van der Waals surface area (Å²) in [4.78, 5) is 0. The van der Waals surface area contributed by atoms with Crippen molar-refractivity contribution in [2.75, 3.05) is 24.6 Å². The van der Waals surface area contributed by atoms with E-state index in [1.165, 1.54) is 0 Å². The van der Waals surface area contributed by atoms with Crippen LogP contribution in [0.5, 0.6) is 0 Å². The second-order valence-electron chi connectivity index (χ2n) is 2.37. The zero-order valence-corrected chi connectivity index (χ0v) is 6.60. The molecule has 0 saturated carbocycles. The van der Waals surface area contributed by atoms with Crippen molar-refractivity contribution in [2.45, 2.75) is 0 Å². The van der Waals surface area contributed by atoms with Gasteiger partial charge in [-0.2, -0.15) is 0 Å². The highest BCUT2D eigenvalue weighted by Crippen LogP contribution is 1.97. The van der Waals surface area contributed by atoms with Crippen molar-refractivity contribution in [3.63, 3.8) is 0 Å². The van der Waals surface area contributed by atoms with Crippen LogP contribution in [0.1, 0.15) is 0 Å². The van der Waals surface area contributed by atoms with Gasteiger partial charge in [0.15, 0.2) is 22.9 Å². The van der Waals surface area contributed by atoms with Gasteiger partial charge in [-0.1, -0.05) is 0 Å². The molecule has 1 rings (SSSR count). The van der Waals surface area contributed by atoms with E-state index in [0.717, 1.165) is 0 Å². The predicted molar refractivity (Wildman–Crippen MR) is 40.1 cm³/mol. The van der Waals surface area contributed by atoms with Crippen LogP contribution in [0.4, 0.5) is 0 Å². The van der Waals surface area contributed by atoms with Crippen LogP contribution >= 0.6 is 0 Å². The first kappa shape index (κ1) is 7.60. The van der Waals surface area contributed by atoms with E-state index in [-0.39, 0.29) is 11.5 Å². The van der Waals surface area contributed by atoms with E-state index < -0.39 is 9.84 Å². The number of sulfone groups is 1. The minimum absolute atomic E-state index is 0.277. The van der Waals surface area contributed by atoms with Crippen molar-refractivity contribution in [3.8, 4) is 0 Å². The van der Waals surface area contributed by atoms with Crippen molar-refractivity contribution in [2.24, 2.45) is 0 Å². The molecule has 0 aromatic carbocycles. The molecule has 4 heteroatoms. The first-order valence-corrected chi connectivity index (χ1v) is 5.03. The van der Waals surface area contributed by atoms with Crippen molar-refractivity contribution < 1.29 is 13.0 Å². The fourth-order valence-electron chi connectivity index (χ4n) is 0.909. The SMILES string of the molecule is [CH2-]C=[N+]1CCS(=O)(=O)CC1. The standard InChI is InChI=1S/C6H11NO2S/c1-2-7-3-5-10(8,9)6-4-7/h2H,1,3-6H2. The Balaban J connectivity index is 2.63. The molecular formula is C6H11NO2S. The van der Waals surface area contributed by atoms with Crippen LogP contribution in [0, 0.1) is 6.92 Å². The van der Waals surface area contributed by atoms with Crippen LogP contribution in [0.25, 0.3) is 0 Å². The van der Waals surface area contributed by atoms with E-state index >= 15 is 0 Å². The summed E-state index contributed by atoms with van der Waals surface area (Å²) in [5.74, 6) is 0.554. The van der Waals surface area contributed by atoms with Crippen molar-refractivity contribution in [1.82, 2.24) is 0 Å². The Kier molecular flexibility index (Phi) is 1.99. The lowest BCUT2D eigenvalue weighted by Crippen LogP contribution is -2.34. The topological polar surface area (TPSA) is 37.1 Å². The molecule has 3 nitrogen and oxygen atoms in total. The van der Waals surface area contributed by atoms with E-state index in [1.54, 1.807) is 6.21 Å². The van der Waals surface area contributed by atoms with Crippen LogP contribution in [0.15, 0.2) is 0 Å². The Bertz CT molecular complexity index is 224. The van der Waals surface area contributed by atoms with Gasteiger partial charge in [-0.15, -0.1) is 0 Å². The monoisotopic (exact) mass is 161 g/mol. The third-order valence-electron chi connectivity index (χ3n) is 1.64. The molecule has 1 aliphatic heterocycles. The first-order chi connectivity index (χ1) is 4.64. The Morgan fingerprint density at radius 3 is 2.20 bits per heavy atom. The zero-order chi connectivity index (χ0) is 7.61. The molecule has 58 valence electrons. The van der Waals surface area contributed by atoms with Crippen LogP contribution in [0.3, 0.4) is 0 Å². The summed E-state index contributed by atoms with van der Waals surface area (Å²) in [6.07, 6.45) is 1.69. The minimum atomic E-state index is -2.72. The van der Waals surface area contributed by atoms with E-state index in [0.29, 0.717) is 13.1 Å². The highest BCUT2D eigenvalue weighted by molar-refractivity contribution is 7.91. The fourth-order valence-corrected chi connectivity index (χ4v) is 2.14. The molecule has 0 atom stereocenters. The largest absolute Gasteiger partial charge is 0.320 e. The molecule has 0 aliphatic carbocycles. The quantitative estimate of drug-likeness (QED) is 0.349. The van der Waals surface area contributed by atoms with Gasteiger partial charge in [-0.25, -0.2) is 8.42 Å². The maximum Gasteiger partial charge on any atom is 0.162 e. The van der Waals surface area contributed by atoms with Crippen LogP contribution in [-0.4, -0.2) is 43.8 Å². The number of hydrogen-bond acceptors (Lipinski definition) is 2. The van der Waals surface area contributed by atoms with Crippen molar-refractivity contribution >= 4 is 16.1 Å². The average molecular weight is 161 g/mol. The fraction of sp³-hybridized carbons (Fsp3) is 0.667. The number of hydrogen-bond donors (Lipinski definition) is 0. The Labute approximate surface area is 61.3 Å². The minimum Gasteiger partial charge on any atom is -0.320 e. The summed E-state index contributed by atoms with van der Waals surface area (Å²) in [6.45, 7) is 4.77. The predicted octanol–water partition coefficient (Wildman–Crippen LogP) is -0.668. The van der Waals surface area contributed by atoms with Crippen LogP contribution in [0.2, 0.25) is 0 Å². The summed E-state index contributed by atoms with van der Waals surface area (Å²) in [5, 5.41) is 0. The van der Waals surface area contributed by atoms with Crippen LogP contribution < -0.4 is 0 Å². The smallest absolute Gasteiger partial charge is 0.162 e.